The second-order valence-electron chi connectivity index (χ2n) is 6.15. The zero-order chi connectivity index (χ0) is 15.7. The molecule has 0 amide bonds. The third-order valence-electron chi connectivity index (χ3n) is 4.44. The molecule has 2 nitrogen and oxygen atoms in total. The van der Waals surface area contributed by atoms with Gasteiger partial charge in [-0.1, -0.05) is 49.2 Å². The molecule has 2 heteroatoms. The van der Waals surface area contributed by atoms with Gasteiger partial charge in [0.1, 0.15) is 11.7 Å². The van der Waals surface area contributed by atoms with Crippen molar-refractivity contribution in [3.05, 3.63) is 64.2 Å². The quantitative estimate of drug-likeness (QED) is 0.603. The van der Waals surface area contributed by atoms with Gasteiger partial charge in [0.25, 0.3) is 0 Å². The molecule has 3 rings (SSSR count). The summed E-state index contributed by atoms with van der Waals surface area (Å²) in [6.45, 7) is 6.31. The van der Waals surface area contributed by atoms with E-state index in [0.29, 0.717) is 0 Å². The number of carbonyl (C=O) groups is 1. The molecule has 1 aliphatic heterocycles. The summed E-state index contributed by atoms with van der Waals surface area (Å²) in [5, 5.41) is 0. The minimum Gasteiger partial charge on any atom is -0.425 e. The summed E-state index contributed by atoms with van der Waals surface area (Å²) in [6, 6.07) is 12.3. The Hall–Kier alpha value is -2.09. The summed E-state index contributed by atoms with van der Waals surface area (Å²) in [4.78, 5) is 12.5. The Kier molecular flexibility index (Phi) is 4.02. The van der Waals surface area contributed by atoms with Crippen LogP contribution in [0.2, 0.25) is 0 Å². The number of fused-ring (bicyclic) bond motifs is 1. The lowest BCUT2D eigenvalue weighted by atomic mass is 9.85. The highest BCUT2D eigenvalue weighted by Crippen LogP contribution is 2.42. The highest BCUT2D eigenvalue weighted by atomic mass is 16.5. The molecule has 1 unspecified atom stereocenters. The molecule has 0 fully saturated rings. The van der Waals surface area contributed by atoms with Crippen LogP contribution in [0.1, 0.15) is 53.5 Å². The van der Waals surface area contributed by atoms with E-state index in [1.54, 1.807) is 0 Å². The van der Waals surface area contributed by atoms with Crippen molar-refractivity contribution in [1.82, 2.24) is 0 Å². The molecule has 22 heavy (non-hydrogen) atoms. The summed E-state index contributed by atoms with van der Waals surface area (Å²) in [7, 11) is 0. The van der Waals surface area contributed by atoms with Gasteiger partial charge in [0.2, 0.25) is 0 Å². The van der Waals surface area contributed by atoms with Crippen molar-refractivity contribution in [3.8, 4) is 5.75 Å². The largest absolute Gasteiger partial charge is 0.425 e. The van der Waals surface area contributed by atoms with E-state index in [0.717, 1.165) is 41.7 Å². The van der Waals surface area contributed by atoms with Crippen LogP contribution in [0.5, 0.6) is 5.75 Å². The maximum absolute atomic E-state index is 12.5. The van der Waals surface area contributed by atoms with Crippen LogP contribution in [0.15, 0.2) is 36.4 Å². The number of unbranched alkanes of at least 4 members (excludes halogenated alkanes) is 1. The molecule has 0 saturated heterocycles. The fourth-order valence-corrected chi connectivity index (χ4v) is 3.23. The molecule has 0 aliphatic carbocycles. The molecule has 0 aromatic heterocycles. The van der Waals surface area contributed by atoms with Gasteiger partial charge in [-0.15, -0.1) is 0 Å². The van der Waals surface area contributed by atoms with Gasteiger partial charge < -0.3 is 4.74 Å². The predicted molar refractivity (Wildman–Crippen MR) is 88.4 cm³/mol. The van der Waals surface area contributed by atoms with E-state index in [1.165, 1.54) is 11.1 Å². The summed E-state index contributed by atoms with van der Waals surface area (Å²) in [6.07, 6.45) is 3.27. The van der Waals surface area contributed by atoms with Gasteiger partial charge in [0, 0.05) is 5.56 Å². The highest BCUT2D eigenvalue weighted by molar-refractivity contribution is 5.90. The van der Waals surface area contributed by atoms with E-state index in [1.807, 2.05) is 12.1 Å². The van der Waals surface area contributed by atoms with Gasteiger partial charge in [-0.3, -0.25) is 4.79 Å². The van der Waals surface area contributed by atoms with Crippen LogP contribution in [0.25, 0.3) is 0 Å². The molecule has 1 aliphatic rings. The van der Waals surface area contributed by atoms with E-state index >= 15 is 0 Å². The molecule has 0 saturated carbocycles. The average molecular weight is 294 g/mol. The third kappa shape index (κ3) is 2.54. The Balaban J connectivity index is 2.12. The van der Waals surface area contributed by atoms with Crippen LogP contribution >= 0.6 is 0 Å². The Morgan fingerprint density at radius 2 is 1.95 bits per heavy atom. The number of rotatable bonds is 4. The molecule has 114 valence electrons. The van der Waals surface area contributed by atoms with Gasteiger partial charge in [-0.2, -0.15) is 0 Å². The van der Waals surface area contributed by atoms with Crippen molar-refractivity contribution in [3.63, 3.8) is 0 Å². The number of aryl methyl sites for hydroxylation is 3. The summed E-state index contributed by atoms with van der Waals surface area (Å²) in [5.74, 6) is 0.320. The van der Waals surface area contributed by atoms with Crippen LogP contribution in [0.4, 0.5) is 0 Å². The van der Waals surface area contributed by atoms with E-state index in [4.69, 9.17) is 4.74 Å². The molecule has 0 radical (unpaired) electrons. The number of carbonyl (C=O) groups excluding carboxylic acids is 1. The predicted octanol–water partition coefficient (Wildman–Crippen LogP) is 4.70. The lowest BCUT2D eigenvalue weighted by Gasteiger charge is -2.15. The van der Waals surface area contributed by atoms with Gasteiger partial charge in [0.05, 0.1) is 0 Å². The molecule has 1 atom stereocenters. The number of benzene rings is 2. The zero-order valence-corrected chi connectivity index (χ0v) is 13.5. The fraction of sp³-hybridized carbons (Fsp3) is 0.350. The molecule has 2 aromatic carbocycles. The van der Waals surface area contributed by atoms with Gasteiger partial charge in [0.15, 0.2) is 0 Å². The topological polar surface area (TPSA) is 26.3 Å². The van der Waals surface area contributed by atoms with E-state index in [-0.39, 0.29) is 11.9 Å². The second-order valence-corrected chi connectivity index (χ2v) is 6.15. The highest BCUT2D eigenvalue weighted by Gasteiger charge is 2.37. The van der Waals surface area contributed by atoms with Gasteiger partial charge in [-0.05, 0) is 49.4 Å². The maximum atomic E-state index is 12.5. The smallest absolute Gasteiger partial charge is 0.323 e. The number of hydrogen-bond acceptors (Lipinski definition) is 2. The van der Waals surface area contributed by atoms with Crippen molar-refractivity contribution >= 4 is 5.97 Å². The SMILES string of the molecule is CCCCc1cccc2c1C(c1cc(C)ccc1C)C(=O)O2. The first-order valence-electron chi connectivity index (χ1n) is 8.02. The first-order chi connectivity index (χ1) is 10.6. The lowest BCUT2D eigenvalue weighted by Crippen LogP contribution is -2.14. The third-order valence-corrected chi connectivity index (χ3v) is 4.44. The Labute approximate surface area is 132 Å². The van der Waals surface area contributed by atoms with Gasteiger partial charge >= 0.3 is 5.97 Å². The molecule has 1 heterocycles. The fourth-order valence-electron chi connectivity index (χ4n) is 3.23. The summed E-state index contributed by atoms with van der Waals surface area (Å²) >= 11 is 0. The summed E-state index contributed by atoms with van der Waals surface area (Å²) in [5.41, 5.74) is 5.72. The minimum absolute atomic E-state index is 0.146. The maximum Gasteiger partial charge on any atom is 0.323 e. The minimum atomic E-state index is -0.275. The second kappa shape index (κ2) is 5.96. The first kappa shape index (κ1) is 14.8. The van der Waals surface area contributed by atoms with Crippen LogP contribution in [0, 0.1) is 13.8 Å². The number of ether oxygens (including phenoxy) is 1. The molecule has 0 spiro atoms. The molecule has 2 aromatic rings. The standard InChI is InChI=1S/C20H22O2/c1-4-5-7-15-8-6-9-17-18(15)19(20(21)22-17)16-12-13(2)10-11-14(16)3/h6,8-12,19H,4-5,7H2,1-3H3. The van der Waals surface area contributed by atoms with Crippen molar-refractivity contribution in [1.29, 1.82) is 0 Å². The normalized spacial score (nSPS) is 16.5. The Morgan fingerprint density at radius 3 is 2.73 bits per heavy atom. The lowest BCUT2D eigenvalue weighted by molar-refractivity contribution is -0.133. The molecular formula is C20H22O2. The van der Waals surface area contributed by atoms with E-state index in [9.17, 15) is 4.79 Å². The number of hydrogen-bond donors (Lipinski definition) is 0. The van der Waals surface area contributed by atoms with E-state index < -0.39 is 0 Å². The van der Waals surface area contributed by atoms with Crippen LogP contribution in [-0.4, -0.2) is 5.97 Å². The Bertz CT molecular complexity index is 716. The van der Waals surface area contributed by atoms with Crippen LogP contribution in [0.3, 0.4) is 0 Å². The van der Waals surface area contributed by atoms with Crippen molar-refractivity contribution in [2.45, 2.75) is 46.0 Å². The molecular weight excluding hydrogens is 272 g/mol. The van der Waals surface area contributed by atoms with Gasteiger partial charge in [-0.25, -0.2) is 0 Å². The average Bonchev–Trinajstić information content (AvgIpc) is 2.84. The first-order valence-corrected chi connectivity index (χ1v) is 8.02. The Morgan fingerprint density at radius 1 is 1.14 bits per heavy atom. The zero-order valence-electron chi connectivity index (χ0n) is 13.5. The van der Waals surface area contributed by atoms with Crippen molar-refractivity contribution < 1.29 is 9.53 Å². The van der Waals surface area contributed by atoms with Crippen molar-refractivity contribution in [2.24, 2.45) is 0 Å². The van der Waals surface area contributed by atoms with Crippen LogP contribution < -0.4 is 4.74 Å². The summed E-state index contributed by atoms with van der Waals surface area (Å²) < 4.78 is 5.55. The molecule has 0 bridgehead atoms. The van der Waals surface area contributed by atoms with Crippen LogP contribution in [-0.2, 0) is 11.2 Å². The number of esters is 1. The van der Waals surface area contributed by atoms with Crippen molar-refractivity contribution in [2.75, 3.05) is 0 Å². The van der Waals surface area contributed by atoms with E-state index in [2.05, 4.69) is 45.0 Å². The monoisotopic (exact) mass is 294 g/mol. The molecule has 0 N–H and O–H groups in total.